The number of rotatable bonds is 7. The van der Waals surface area contributed by atoms with Crippen LogP contribution in [-0.4, -0.2) is 5.78 Å². The second-order valence-corrected chi connectivity index (χ2v) is 5.73. The Morgan fingerprint density at radius 3 is 1.50 bits per heavy atom. The smallest absolute Gasteiger partial charge is 0.134 e. The minimum Gasteiger partial charge on any atom is -0.300 e. The first-order valence-electron chi connectivity index (χ1n) is 10.1. The number of hydrogen-bond donors (Lipinski definition) is 0. The number of carbonyl (C=O) groups is 1. The summed E-state index contributed by atoms with van der Waals surface area (Å²) in [5.74, 6) is 1.18. The molecule has 142 valence electrons. The van der Waals surface area contributed by atoms with E-state index < -0.39 is 0 Å². The maximum atomic E-state index is 10.8. The highest BCUT2D eigenvalue weighted by molar-refractivity contribution is 5.78. The zero-order chi connectivity index (χ0) is 19.4. The average molecular weight is 337 g/mol. The second-order valence-electron chi connectivity index (χ2n) is 5.73. The first-order chi connectivity index (χ1) is 11.5. The van der Waals surface area contributed by atoms with Crippen molar-refractivity contribution in [1.82, 2.24) is 0 Å². The lowest BCUT2D eigenvalue weighted by molar-refractivity contribution is -0.116. The molecule has 0 bridgehead atoms. The molecule has 1 aromatic rings. The van der Waals surface area contributed by atoms with E-state index in [-0.39, 0.29) is 5.78 Å². The van der Waals surface area contributed by atoms with Crippen molar-refractivity contribution >= 4 is 5.78 Å². The highest BCUT2D eigenvalue weighted by atomic mass is 16.1. The van der Waals surface area contributed by atoms with Crippen LogP contribution in [0.5, 0.6) is 0 Å². The zero-order valence-corrected chi connectivity index (χ0v) is 18.0. The van der Waals surface area contributed by atoms with Gasteiger partial charge in [0.05, 0.1) is 0 Å². The van der Waals surface area contributed by atoms with Gasteiger partial charge < -0.3 is 0 Å². The van der Waals surface area contributed by atoms with Crippen LogP contribution in [0.25, 0.3) is 0 Å². The van der Waals surface area contributed by atoms with Gasteiger partial charge in [0.25, 0.3) is 0 Å². The van der Waals surface area contributed by atoms with Crippen LogP contribution in [-0.2, 0) is 17.6 Å². The Hall–Kier alpha value is -1.11. The summed E-state index contributed by atoms with van der Waals surface area (Å²) in [7, 11) is 0. The Morgan fingerprint density at radius 1 is 0.833 bits per heavy atom. The Bertz CT molecular complexity index is 345. The third kappa shape index (κ3) is 18.9. The molecule has 0 spiro atoms. The molecule has 0 atom stereocenters. The van der Waals surface area contributed by atoms with E-state index in [1.165, 1.54) is 31.2 Å². The van der Waals surface area contributed by atoms with Crippen LogP contribution in [0.2, 0.25) is 0 Å². The lowest BCUT2D eigenvalue weighted by Gasteiger charge is -2.05. The predicted octanol–water partition coefficient (Wildman–Crippen LogP) is 7.66. The molecule has 1 heteroatoms. The molecular formula is C23H44O. The molecule has 0 aromatic heterocycles. The minimum atomic E-state index is 0.222. The van der Waals surface area contributed by atoms with Gasteiger partial charge in [-0.15, -0.1) is 0 Å². The van der Waals surface area contributed by atoms with Gasteiger partial charge in [-0.25, -0.2) is 0 Å². The number of Topliss-reactive ketones (excluding diaryl/α,β-unsaturated/α-hetero) is 1. The van der Waals surface area contributed by atoms with Gasteiger partial charge in [0.2, 0.25) is 0 Å². The van der Waals surface area contributed by atoms with Gasteiger partial charge in [-0.2, -0.15) is 0 Å². The Morgan fingerprint density at radius 2 is 1.21 bits per heavy atom. The molecular weight excluding hydrogens is 292 g/mol. The second kappa shape index (κ2) is 21.9. The largest absolute Gasteiger partial charge is 0.300 e. The van der Waals surface area contributed by atoms with Crippen LogP contribution >= 0.6 is 0 Å². The van der Waals surface area contributed by atoms with Gasteiger partial charge in [0.15, 0.2) is 0 Å². The molecule has 0 aliphatic heterocycles. The number of hydrogen-bond acceptors (Lipinski definition) is 1. The van der Waals surface area contributed by atoms with Gasteiger partial charge in [-0.05, 0) is 30.4 Å². The molecule has 1 aromatic carbocycles. The monoisotopic (exact) mass is 336 g/mol. The van der Waals surface area contributed by atoms with Crippen molar-refractivity contribution < 1.29 is 4.79 Å². The first kappa shape index (κ1) is 27.7. The van der Waals surface area contributed by atoms with Crippen LogP contribution in [0.4, 0.5) is 0 Å². The van der Waals surface area contributed by atoms with Gasteiger partial charge in [0, 0.05) is 6.42 Å². The van der Waals surface area contributed by atoms with Crippen LogP contribution in [0.15, 0.2) is 24.3 Å². The summed E-state index contributed by atoms with van der Waals surface area (Å²) in [5.41, 5.74) is 2.43. The summed E-state index contributed by atoms with van der Waals surface area (Å²) in [6.45, 7) is 18.6. The third-order valence-corrected chi connectivity index (χ3v) is 3.45. The fraction of sp³-hybridized carbons (Fsp3) is 0.696. The summed E-state index contributed by atoms with van der Waals surface area (Å²) < 4.78 is 0. The molecule has 0 N–H and O–H groups in total. The van der Waals surface area contributed by atoms with E-state index >= 15 is 0 Å². The lowest BCUT2D eigenvalue weighted by atomic mass is 10.0. The fourth-order valence-corrected chi connectivity index (χ4v) is 2.31. The molecule has 0 unspecified atom stereocenters. The molecule has 0 amide bonds. The SMILES string of the molecule is CC.CC.CCCC(C)CCC.CCc1ccc(CC(C)=O)cc1. The topological polar surface area (TPSA) is 17.1 Å². The summed E-state index contributed by atoms with van der Waals surface area (Å²) in [6, 6.07) is 8.22. The average Bonchev–Trinajstić information content (AvgIpc) is 2.60. The molecule has 0 fully saturated rings. The van der Waals surface area contributed by atoms with Crippen molar-refractivity contribution in [3.8, 4) is 0 Å². The van der Waals surface area contributed by atoms with Crippen molar-refractivity contribution in [1.29, 1.82) is 0 Å². The zero-order valence-electron chi connectivity index (χ0n) is 18.0. The van der Waals surface area contributed by atoms with Gasteiger partial charge in [-0.3, -0.25) is 4.79 Å². The molecule has 0 heterocycles. The predicted molar refractivity (Wildman–Crippen MR) is 112 cm³/mol. The van der Waals surface area contributed by atoms with Crippen molar-refractivity contribution in [3.05, 3.63) is 35.4 Å². The van der Waals surface area contributed by atoms with Gasteiger partial charge >= 0.3 is 0 Å². The molecule has 24 heavy (non-hydrogen) atoms. The van der Waals surface area contributed by atoms with E-state index in [2.05, 4.69) is 39.8 Å². The van der Waals surface area contributed by atoms with E-state index in [1.807, 2.05) is 39.8 Å². The first-order valence-corrected chi connectivity index (χ1v) is 10.1. The molecule has 0 aliphatic rings. The van der Waals surface area contributed by atoms with Crippen LogP contribution in [0.1, 0.15) is 99.1 Å². The molecule has 0 saturated heterocycles. The minimum absolute atomic E-state index is 0.222. The standard InChI is InChI=1S/C11H14O.C8H18.2C2H6/c1-3-10-4-6-11(7-5-10)8-9(2)12;1-4-6-8(3)7-5-2;2*1-2/h4-7H,3,8H2,1-2H3;8H,4-7H2,1-3H3;2*1-2H3. The molecule has 0 saturated carbocycles. The van der Waals surface area contributed by atoms with E-state index in [4.69, 9.17) is 0 Å². The Labute approximate surface area is 153 Å². The molecule has 0 radical (unpaired) electrons. The summed E-state index contributed by atoms with van der Waals surface area (Å²) in [4.78, 5) is 10.8. The van der Waals surface area contributed by atoms with Crippen molar-refractivity contribution in [2.75, 3.05) is 0 Å². The van der Waals surface area contributed by atoms with Gasteiger partial charge in [0.1, 0.15) is 5.78 Å². The van der Waals surface area contributed by atoms with E-state index in [0.717, 1.165) is 17.9 Å². The maximum absolute atomic E-state index is 10.8. The van der Waals surface area contributed by atoms with E-state index in [0.29, 0.717) is 6.42 Å². The lowest BCUT2D eigenvalue weighted by Crippen LogP contribution is -1.95. The Kier molecular flexibility index (Phi) is 25.3. The fourth-order valence-electron chi connectivity index (χ4n) is 2.31. The molecule has 0 aliphatic carbocycles. The van der Waals surface area contributed by atoms with E-state index in [9.17, 15) is 4.79 Å². The van der Waals surface area contributed by atoms with Crippen molar-refractivity contribution in [3.63, 3.8) is 0 Å². The maximum Gasteiger partial charge on any atom is 0.134 e. The van der Waals surface area contributed by atoms with Gasteiger partial charge in [-0.1, -0.05) is 105 Å². The molecule has 1 nitrogen and oxygen atoms in total. The summed E-state index contributed by atoms with van der Waals surface area (Å²) >= 11 is 0. The third-order valence-electron chi connectivity index (χ3n) is 3.45. The van der Waals surface area contributed by atoms with E-state index in [1.54, 1.807) is 6.92 Å². The number of benzene rings is 1. The summed E-state index contributed by atoms with van der Waals surface area (Å²) in [6.07, 6.45) is 7.13. The highest BCUT2D eigenvalue weighted by Gasteiger charge is 1.96. The highest BCUT2D eigenvalue weighted by Crippen LogP contribution is 2.10. The van der Waals surface area contributed by atoms with Crippen LogP contribution in [0, 0.1) is 5.92 Å². The van der Waals surface area contributed by atoms with Crippen LogP contribution in [0.3, 0.4) is 0 Å². The normalized spacial score (nSPS) is 8.92. The van der Waals surface area contributed by atoms with Crippen LogP contribution < -0.4 is 0 Å². The Balaban J connectivity index is -0.000000321. The number of ketones is 1. The van der Waals surface area contributed by atoms with Crippen molar-refractivity contribution in [2.45, 2.75) is 101 Å². The number of aryl methyl sites for hydroxylation is 1. The van der Waals surface area contributed by atoms with Crippen molar-refractivity contribution in [2.24, 2.45) is 5.92 Å². The molecule has 1 rings (SSSR count). The summed E-state index contributed by atoms with van der Waals surface area (Å²) in [5, 5.41) is 0. The quantitative estimate of drug-likeness (QED) is 0.499. The number of carbonyl (C=O) groups excluding carboxylic acids is 1.